The Balaban J connectivity index is 3.46. The molecule has 0 bridgehead atoms. The molecule has 0 aliphatic heterocycles. The van der Waals surface area contributed by atoms with Crippen LogP contribution in [0.15, 0.2) is 18.5 Å². The molecule has 0 aliphatic carbocycles. The Morgan fingerprint density at radius 1 is 1.50 bits per heavy atom. The zero-order chi connectivity index (χ0) is 12.6. The molecule has 7 heteroatoms. The van der Waals surface area contributed by atoms with Gasteiger partial charge in [0.2, 0.25) is 5.54 Å². The van der Waals surface area contributed by atoms with Crippen LogP contribution in [0.1, 0.15) is 11.1 Å². The van der Waals surface area contributed by atoms with Gasteiger partial charge >= 0.3 is 12.1 Å². The minimum Gasteiger partial charge on any atom is -0.479 e. The van der Waals surface area contributed by atoms with Crippen molar-refractivity contribution in [2.75, 3.05) is 0 Å². The summed E-state index contributed by atoms with van der Waals surface area (Å²) in [5.74, 6) is -2.16. The quantitative estimate of drug-likeness (QED) is 0.805. The molecule has 0 saturated carbocycles. The summed E-state index contributed by atoms with van der Waals surface area (Å²) in [5, 5.41) is 8.67. The predicted molar refractivity (Wildman–Crippen MR) is 48.5 cm³/mol. The lowest BCUT2D eigenvalue weighted by Gasteiger charge is -2.28. The Labute approximate surface area is 88.9 Å². The van der Waals surface area contributed by atoms with E-state index in [0.29, 0.717) is 0 Å². The maximum Gasteiger partial charge on any atom is 0.421 e. The number of carboxylic acids is 1. The highest BCUT2D eigenvalue weighted by Gasteiger charge is 2.60. The molecule has 4 nitrogen and oxygen atoms in total. The lowest BCUT2D eigenvalue weighted by molar-refractivity contribution is -0.204. The van der Waals surface area contributed by atoms with Gasteiger partial charge in [-0.15, -0.1) is 0 Å². The molecule has 1 unspecified atom stereocenters. The van der Waals surface area contributed by atoms with Gasteiger partial charge in [0.05, 0.1) is 0 Å². The lowest BCUT2D eigenvalue weighted by atomic mass is 9.88. The average Bonchev–Trinajstić information content (AvgIpc) is 2.15. The molecule has 16 heavy (non-hydrogen) atoms. The summed E-state index contributed by atoms with van der Waals surface area (Å²) in [6, 6.07) is 1.27. The topological polar surface area (TPSA) is 76.2 Å². The minimum absolute atomic E-state index is 0.122. The maximum atomic E-state index is 12.7. The Hall–Kier alpha value is -1.63. The van der Waals surface area contributed by atoms with Crippen LogP contribution in [0.4, 0.5) is 13.2 Å². The third kappa shape index (κ3) is 1.73. The van der Waals surface area contributed by atoms with E-state index in [1.54, 1.807) is 0 Å². The van der Waals surface area contributed by atoms with Crippen molar-refractivity contribution in [1.29, 1.82) is 0 Å². The molecule has 1 atom stereocenters. The molecule has 0 saturated heterocycles. The van der Waals surface area contributed by atoms with Gasteiger partial charge in [0, 0.05) is 18.0 Å². The van der Waals surface area contributed by atoms with Gasteiger partial charge in [-0.1, -0.05) is 0 Å². The first-order valence-corrected chi connectivity index (χ1v) is 4.21. The van der Waals surface area contributed by atoms with Crippen molar-refractivity contribution in [3.05, 3.63) is 29.6 Å². The van der Waals surface area contributed by atoms with Gasteiger partial charge in [0.15, 0.2) is 0 Å². The first-order chi connectivity index (χ1) is 7.21. The molecule has 0 aliphatic rings. The molecule has 88 valence electrons. The highest BCUT2D eigenvalue weighted by atomic mass is 19.4. The number of nitrogens with zero attached hydrogens (tertiary/aromatic N) is 1. The van der Waals surface area contributed by atoms with Crippen molar-refractivity contribution in [2.45, 2.75) is 18.6 Å². The molecular weight excluding hydrogens is 225 g/mol. The molecule has 0 amide bonds. The van der Waals surface area contributed by atoms with Crippen molar-refractivity contribution < 1.29 is 23.1 Å². The molecule has 0 radical (unpaired) electrons. The highest BCUT2D eigenvalue weighted by molar-refractivity contribution is 5.82. The zero-order valence-electron chi connectivity index (χ0n) is 8.25. The monoisotopic (exact) mass is 234 g/mol. The SMILES string of the molecule is Cc1ccncc1C(N)(C(=O)O)C(F)(F)F. The van der Waals surface area contributed by atoms with E-state index in [9.17, 15) is 18.0 Å². The van der Waals surface area contributed by atoms with Crippen LogP contribution in [0.25, 0.3) is 0 Å². The Bertz CT molecular complexity index is 419. The van der Waals surface area contributed by atoms with Crippen LogP contribution in [0.3, 0.4) is 0 Å². The first-order valence-electron chi connectivity index (χ1n) is 4.21. The summed E-state index contributed by atoms with van der Waals surface area (Å²) in [5.41, 5.74) is 1.11. The van der Waals surface area contributed by atoms with Crippen molar-refractivity contribution in [3.8, 4) is 0 Å². The Morgan fingerprint density at radius 3 is 2.44 bits per heavy atom. The number of rotatable bonds is 2. The third-order valence-electron chi connectivity index (χ3n) is 2.25. The first kappa shape index (κ1) is 12.4. The van der Waals surface area contributed by atoms with Gasteiger partial charge in [-0.2, -0.15) is 13.2 Å². The van der Waals surface area contributed by atoms with Crippen molar-refractivity contribution in [3.63, 3.8) is 0 Å². The van der Waals surface area contributed by atoms with Gasteiger partial charge in [0.1, 0.15) is 0 Å². The fourth-order valence-electron chi connectivity index (χ4n) is 1.27. The van der Waals surface area contributed by atoms with Crippen molar-refractivity contribution in [2.24, 2.45) is 5.73 Å². The fourth-order valence-corrected chi connectivity index (χ4v) is 1.27. The van der Waals surface area contributed by atoms with E-state index < -0.39 is 23.2 Å². The molecule has 0 fully saturated rings. The number of carbonyl (C=O) groups is 1. The molecule has 1 heterocycles. The summed E-state index contributed by atoms with van der Waals surface area (Å²) in [7, 11) is 0. The number of aromatic nitrogens is 1. The number of nitrogens with two attached hydrogens (primary N) is 1. The van der Waals surface area contributed by atoms with E-state index >= 15 is 0 Å². The second-order valence-electron chi connectivity index (χ2n) is 3.30. The van der Waals surface area contributed by atoms with Gasteiger partial charge in [-0.3, -0.25) is 4.98 Å². The summed E-state index contributed by atoms with van der Waals surface area (Å²) in [6.07, 6.45) is -3.01. The second kappa shape index (κ2) is 3.75. The second-order valence-corrected chi connectivity index (χ2v) is 3.30. The Kier molecular flexibility index (Phi) is 2.91. The van der Waals surface area contributed by atoms with Crippen LogP contribution in [0, 0.1) is 6.92 Å². The van der Waals surface area contributed by atoms with Crippen LogP contribution in [0.2, 0.25) is 0 Å². The zero-order valence-corrected chi connectivity index (χ0v) is 8.25. The number of hydrogen-bond donors (Lipinski definition) is 2. The number of alkyl halides is 3. The molecule has 1 aromatic rings. The van der Waals surface area contributed by atoms with E-state index in [2.05, 4.69) is 4.98 Å². The molecule has 1 aromatic heterocycles. The molecule has 0 spiro atoms. The maximum absolute atomic E-state index is 12.7. The fraction of sp³-hybridized carbons (Fsp3) is 0.333. The van der Waals surface area contributed by atoms with Crippen LogP contribution >= 0.6 is 0 Å². The van der Waals surface area contributed by atoms with Gasteiger partial charge < -0.3 is 10.8 Å². The van der Waals surface area contributed by atoms with Crippen LogP contribution in [0.5, 0.6) is 0 Å². The number of aliphatic carboxylic acids is 1. The van der Waals surface area contributed by atoms with E-state index in [1.165, 1.54) is 19.2 Å². The number of halogens is 3. The largest absolute Gasteiger partial charge is 0.479 e. The Morgan fingerprint density at radius 2 is 2.06 bits per heavy atom. The smallest absolute Gasteiger partial charge is 0.421 e. The van der Waals surface area contributed by atoms with Gasteiger partial charge in [0.25, 0.3) is 0 Å². The summed E-state index contributed by atoms with van der Waals surface area (Å²) in [4.78, 5) is 14.2. The highest BCUT2D eigenvalue weighted by Crippen LogP contribution is 2.37. The molecule has 3 N–H and O–H groups in total. The lowest BCUT2D eigenvalue weighted by Crippen LogP contribution is -2.57. The normalized spacial score (nSPS) is 15.6. The number of pyridine rings is 1. The van der Waals surface area contributed by atoms with Gasteiger partial charge in [-0.25, -0.2) is 4.79 Å². The summed E-state index contributed by atoms with van der Waals surface area (Å²) >= 11 is 0. The average molecular weight is 234 g/mol. The van der Waals surface area contributed by atoms with E-state index in [0.717, 1.165) is 6.20 Å². The van der Waals surface area contributed by atoms with Crippen molar-refractivity contribution >= 4 is 5.97 Å². The van der Waals surface area contributed by atoms with Crippen LogP contribution in [-0.4, -0.2) is 22.2 Å². The number of aryl methyl sites for hydroxylation is 1. The number of hydrogen-bond acceptors (Lipinski definition) is 3. The molecular formula is C9H9F3N2O2. The standard InChI is InChI=1S/C9H9F3N2O2/c1-5-2-3-14-4-6(5)8(13,7(15)16)9(10,11)12/h2-4H,13H2,1H3,(H,15,16). The number of carboxylic acid groups (broad SMARTS) is 1. The summed E-state index contributed by atoms with van der Waals surface area (Å²) in [6.45, 7) is 1.34. The van der Waals surface area contributed by atoms with Crippen LogP contribution in [-0.2, 0) is 10.3 Å². The van der Waals surface area contributed by atoms with Crippen molar-refractivity contribution in [1.82, 2.24) is 4.98 Å². The van der Waals surface area contributed by atoms with Gasteiger partial charge in [-0.05, 0) is 18.6 Å². The summed E-state index contributed by atoms with van der Waals surface area (Å²) < 4.78 is 38.1. The van der Waals surface area contributed by atoms with E-state index in [1.807, 2.05) is 0 Å². The minimum atomic E-state index is -5.09. The molecule has 1 rings (SSSR count). The predicted octanol–water partition coefficient (Wildman–Crippen LogP) is 1.19. The molecule has 0 aromatic carbocycles. The van der Waals surface area contributed by atoms with Crippen LogP contribution < -0.4 is 5.73 Å². The van der Waals surface area contributed by atoms with E-state index in [4.69, 9.17) is 10.8 Å². The van der Waals surface area contributed by atoms with E-state index in [-0.39, 0.29) is 5.56 Å². The third-order valence-corrected chi connectivity index (χ3v) is 2.25.